The Labute approximate surface area is 193 Å². The lowest BCUT2D eigenvalue weighted by Gasteiger charge is -2.39. The predicted molar refractivity (Wildman–Crippen MR) is 122 cm³/mol. The molecule has 2 fully saturated rings. The molecule has 172 valence electrons. The fourth-order valence-electron chi connectivity index (χ4n) is 5.21. The molecule has 0 spiro atoms. The van der Waals surface area contributed by atoms with Crippen LogP contribution in [0.5, 0.6) is 0 Å². The number of carbonyl (C=O) groups is 1. The number of unbranched alkanes of at least 4 members (excludes halogenated alkanes) is 1. The Morgan fingerprint density at radius 2 is 1.75 bits per heavy atom. The van der Waals surface area contributed by atoms with Crippen LogP contribution < -0.4 is 4.90 Å². The molecule has 0 bridgehead atoms. The number of halogens is 3. The lowest BCUT2D eigenvalue weighted by Crippen LogP contribution is -2.45. The van der Waals surface area contributed by atoms with Crippen molar-refractivity contribution >= 4 is 29.7 Å². The van der Waals surface area contributed by atoms with Crippen molar-refractivity contribution in [2.24, 2.45) is 0 Å². The van der Waals surface area contributed by atoms with E-state index in [0.717, 1.165) is 62.4 Å². The molecule has 1 amide bonds. The van der Waals surface area contributed by atoms with Crippen molar-refractivity contribution in [2.45, 2.75) is 31.2 Å². The molecular formula is C24H28ClF2N3O2. The monoisotopic (exact) mass is 463 g/mol. The van der Waals surface area contributed by atoms with E-state index in [4.69, 9.17) is 4.74 Å². The molecule has 2 unspecified atom stereocenters. The van der Waals surface area contributed by atoms with Gasteiger partial charge in [-0.25, -0.2) is 8.78 Å². The van der Waals surface area contributed by atoms with E-state index < -0.39 is 0 Å². The van der Waals surface area contributed by atoms with E-state index in [9.17, 15) is 13.6 Å². The van der Waals surface area contributed by atoms with Crippen molar-refractivity contribution < 1.29 is 18.3 Å². The molecule has 2 aromatic rings. The minimum Gasteiger partial charge on any atom is -0.351 e. The van der Waals surface area contributed by atoms with Crippen molar-refractivity contribution in [2.75, 3.05) is 44.4 Å². The Kier molecular flexibility index (Phi) is 6.98. The van der Waals surface area contributed by atoms with E-state index in [1.807, 2.05) is 6.07 Å². The number of hydrogen-bond donors (Lipinski definition) is 0. The lowest BCUT2D eigenvalue weighted by atomic mass is 9.89. The third-order valence-corrected chi connectivity index (χ3v) is 6.72. The van der Waals surface area contributed by atoms with E-state index in [1.54, 1.807) is 23.1 Å². The van der Waals surface area contributed by atoms with Crippen LogP contribution in [-0.4, -0.2) is 61.3 Å². The van der Waals surface area contributed by atoms with Gasteiger partial charge in [0, 0.05) is 43.0 Å². The van der Waals surface area contributed by atoms with Crippen LogP contribution in [0.25, 0.3) is 0 Å². The van der Waals surface area contributed by atoms with Gasteiger partial charge in [0.1, 0.15) is 25.0 Å². The number of rotatable bonds is 6. The zero-order chi connectivity index (χ0) is 21.4. The normalized spacial score (nSPS) is 22.6. The number of benzene rings is 2. The highest BCUT2D eigenvalue weighted by Gasteiger charge is 2.42. The van der Waals surface area contributed by atoms with Gasteiger partial charge in [0.05, 0.1) is 0 Å². The van der Waals surface area contributed by atoms with E-state index in [0.29, 0.717) is 6.73 Å². The maximum absolute atomic E-state index is 14.1. The van der Waals surface area contributed by atoms with Gasteiger partial charge >= 0.3 is 0 Å². The van der Waals surface area contributed by atoms with Crippen LogP contribution in [0.2, 0.25) is 0 Å². The topological polar surface area (TPSA) is 36.0 Å². The number of ether oxygens (including phenoxy) is 1. The molecule has 0 radical (unpaired) electrons. The highest BCUT2D eigenvalue weighted by atomic mass is 35.5. The molecule has 5 rings (SSSR count). The van der Waals surface area contributed by atoms with Gasteiger partial charge in [0.15, 0.2) is 0 Å². The highest BCUT2D eigenvalue weighted by molar-refractivity contribution is 5.85. The number of anilines is 2. The molecule has 32 heavy (non-hydrogen) atoms. The standard InChI is InChI=1S/C24H27F2N3O2.ClH/c25-17-3-6-19(7-4-17)29-22-8-5-18(26)13-20(22)21-14-27(12-9-23(21)29)10-1-2-11-28-16-31-15-24(28)30;/h3-8,13,21,23H,1-2,9-12,14-16H2;1H. The maximum Gasteiger partial charge on any atom is 0.250 e. The SMILES string of the molecule is Cl.O=C1COCN1CCCCN1CCC2C(C1)c1cc(F)ccc1N2c1ccc(F)cc1. The smallest absolute Gasteiger partial charge is 0.250 e. The van der Waals surface area contributed by atoms with Crippen molar-refractivity contribution in [3.8, 4) is 0 Å². The number of piperidine rings is 1. The summed E-state index contributed by atoms with van der Waals surface area (Å²) in [6.45, 7) is 4.17. The second kappa shape index (κ2) is 9.73. The quantitative estimate of drug-likeness (QED) is 0.599. The Morgan fingerprint density at radius 1 is 1.00 bits per heavy atom. The van der Waals surface area contributed by atoms with E-state index in [-0.39, 0.29) is 48.5 Å². The third kappa shape index (κ3) is 4.47. The van der Waals surface area contributed by atoms with Gasteiger partial charge in [0.25, 0.3) is 0 Å². The van der Waals surface area contributed by atoms with Crippen LogP contribution in [0.15, 0.2) is 42.5 Å². The van der Waals surface area contributed by atoms with Crippen LogP contribution in [0.3, 0.4) is 0 Å². The van der Waals surface area contributed by atoms with Crippen LogP contribution in [0.4, 0.5) is 20.2 Å². The molecule has 3 aliphatic heterocycles. The molecule has 3 heterocycles. The van der Waals surface area contributed by atoms with Gasteiger partial charge in [-0.05, 0) is 73.8 Å². The molecule has 0 aromatic heterocycles. The summed E-state index contributed by atoms with van der Waals surface area (Å²) >= 11 is 0. The average Bonchev–Trinajstić information content (AvgIpc) is 3.32. The summed E-state index contributed by atoms with van der Waals surface area (Å²) in [6.07, 6.45) is 2.93. The second-order valence-corrected chi connectivity index (χ2v) is 8.65. The van der Waals surface area contributed by atoms with Crippen molar-refractivity contribution in [1.82, 2.24) is 9.80 Å². The lowest BCUT2D eigenvalue weighted by molar-refractivity contribution is -0.126. The molecule has 0 saturated carbocycles. The average molecular weight is 464 g/mol. The number of likely N-dealkylation sites (tertiary alicyclic amines) is 1. The van der Waals surface area contributed by atoms with Crippen molar-refractivity contribution in [3.63, 3.8) is 0 Å². The van der Waals surface area contributed by atoms with Gasteiger partial charge in [0.2, 0.25) is 5.91 Å². The molecule has 2 aromatic carbocycles. The number of nitrogens with zero attached hydrogens (tertiary/aromatic N) is 3. The van der Waals surface area contributed by atoms with Crippen LogP contribution >= 0.6 is 12.4 Å². The maximum atomic E-state index is 14.1. The van der Waals surface area contributed by atoms with Gasteiger partial charge in [-0.1, -0.05) is 0 Å². The predicted octanol–water partition coefficient (Wildman–Crippen LogP) is 4.29. The fraction of sp³-hybridized carbons (Fsp3) is 0.458. The fourth-order valence-corrected chi connectivity index (χ4v) is 5.21. The van der Waals surface area contributed by atoms with Crippen molar-refractivity contribution in [1.29, 1.82) is 0 Å². The first-order chi connectivity index (χ1) is 15.1. The number of amides is 1. The first-order valence-corrected chi connectivity index (χ1v) is 11.0. The summed E-state index contributed by atoms with van der Waals surface area (Å²) in [5.41, 5.74) is 3.02. The number of carbonyl (C=O) groups excluding carboxylic acids is 1. The van der Waals surface area contributed by atoms with Gasteiger partial charge in [-0.3, -0.25) is 4.79 Å². The largest absolute Gasteiger partial charge is 0.351 e. The third-order valence-electron chi connectivity index (χ3n) is 6.72. The minimum atomic E-state index is -0.254. The first kappa shape index (κ1) is 23.0. The minimum absolute atomic E-state index is 0. The van der Waals surface area contributed by atoms with Crippen molar-refractivity contribution in [3.05, 3.63) is 59.7 Å². The van der Waals surface area contributed by atoms with E-state index in [1.165, 1.54) is 18.2 Å². The number of fused-ring (bicyclic) bond motifs is 3. The zero-order valence-electron chi connectivity index (χ0n) is 17.9. The Balaban J connectivity index is 0.00000245. The van der Waals surface area contributed by atoms with E-state index in [2.05, 4.69) is 9.80 Å². The van der Waals surface area contributed by atoms with Crippen LogP contribution in [0, 0.1) is 11.6 Å². The zero-order valence-corrected chi connectivity index (χ0v) is 18.7. The summed E-state index contributed by atoms with van der Waals surface area (Å²) in [5, 5.41) is 0. The summed E-state index contributed by atoms with van der Waals surface area (Å²) in [4.78, 5) is 18.1. The Hall–Kier alpha value is -2.22. The molecule has 8 heteroatoms. The Morgan fingerprint density at radius 3 is 2.50 bits per heavy atom. The molecule has 2 atom stereocenters. The number of hydrogen-bond acceptors (Lipinski definition) is 4. The molecule has 5 nitrogen and oxygen atoms in total. The first-order valence-electron chi connectivity index (χ1n) is 11.0. The van der Waals surface area contributed by atoms with Gasteiger partial charge in [-0.2, -0.15) is 0 Å². The summed E-state index contributed by atoms with van der Waals surface area (Å²) in [7, 11) is 0. The van der Waals surface area contributed by atoms with Crippen LogP contribution in [0.1, 0.15) is 30.7 Å². The second-order valence-electron chi connectivity index (χ2n) is 8.65. The van der Waals surface area contributed by atoms with Gasteiger partial charge < -0.3 is 19.4 Å². The van der Waals surface area contributed by atoms with Crippen LogP contribution in [-0.2, 0) is 9.53 Å². The summed E-state index contributed by atoms with van der Waals surface area (Å²) in [5.74, 6) is -0.173. The molecule has 3 aliphatic rings. The molecule has 2 saturated heterocycles. The summed E-state index contributed by atoms with van der Waals surface area (Å²) < 4.78 is 32.7. The van der Waals surface area contributed by atoms with Gasteiger partial charge in [-0.15, -0.1) is 12.4 Å². The molecule has 0 N–H and O–H groups in total. The summed E-state index contributed by atoms with van der Waals surface area (Å²) in [6, 6.07) is 11.9. The van der Waals surface area contributed by atoms with E-state index >= 15 is 0 Å². The molecular weight excluding hydrogens is 436 g/mol. The Bertz CT molecular complexity index is 959. The highest BCUT2D eigenvalue weighted by Crippen LogP contribution is 2.48. The molecule has 0 aliphatic carbocycles.